The van der Waals surface area contributed by atoms with Gasteiger partial charge >= 0.3 is 0 Å². The van der Waals surface area contributed by atoms with Crippen molar-refractivity contribution in [3.63, 3.8) is 0 Å². The quantitative estimate of drug-likeness (QED) is 0.700. The highest BCUT2D eigenvalue weighted by molar-refractivity contribution is 5.59. The lowest BCUT2D eigenvalue weighted by molar-refractivity contribution is 0.216. The first-order valence-corrected chi connectivity index (χ1v) is 10.1. The van der Waals surface area contributed by atoms with Crippen LogP contribution in [0.3, 0.4) is 0 Å². The Hall–Kier alpha value is -2.85. The number of nitrogens with zero attached hydrogens (tertiary/aromatic N) is 4. The van der Waals surface area contributed by atoms with Gasteiger partial charge in [0.1, 0.15) is 5.82 Å². The molecule has 1 fully saturated rings. The molecule has 0 spiro atoms. The molecule has 3 aromatic rings. The van der Waals surface area contributed by atoms with Crippen molar-refractivity contribution in [2.45, 2.75) is 19.1 Å². The Balaban J connectivity index is 1.42. The monoisotopic (exact) mass is 370 g/mol. The van der Waals surface area contributed by atoms with Gasteiger partial charge in [-0.1, -0.05) is 54.6 Å². The van der Waals surface area contributed by atoms with Crippen LogP contribution in [0.5, 0.6) is 0 Å². The molecule has 0 bridgehead atoms. The number of anilines is 2. The van der Waals surface area contributed by atoms with Crippen LogP contribution in [0.2, 0.25) is 0 Å². The summed E-state index contributed by atoms with van der Waals surface area (Å²) < 4.78 is 0. The second kappa shape index (κ2) is 7.64. The Bertz CT molecular complexity index is 912. The first-order chi connectivity index (χ1) is 13.9. The van der Waals surface area contributed by atoms with E-state index in [9.17, 15) is 0 Å². The molecule has 0 radical (unpaired) electrons. The van der Waals surface area contributed by atoms with Crippen molar-refractivity contribution < 1.29 is 0 Å². The van der Waals surface area contributed by atoms with Gasteiger partial charge in [-0.3, -0.25) is 4.90 Å². The van der Waals surface area contributed by atoms with Crippen molar-refractivity contribution in [2.75, 3.05) is 36.0 Å². The minimum atomic E-state index is 0.461. The predicted octanol–water partition coefficient (Wildman–Crippen LogP) is 3.79. The van der Waals surface area contributed by atoms with Crippen molar-refractivity contribution in [3.05, 3.63) is 90.1 Å². The number of fused-ring (bicyclic) bond motifs is 3. The van der Waals surface area contributed by atoms with Gasteiger partial charge in [0.15, 0.2) is 0 Å². The SMILES string of the molecule is c1ccc(CN2CCN3c4ccccc4CN(c4ccccn4)CC3C2)cc1. The zero-order valence-corrected chi connectivity index (χ0v) is 16.1. The normalized spacial score (nSPS) is 19.6. The molecule has 0 N–H and O–H groups in total. The summed E-state index contributed by atoms with van der Waals surface area (Å²) in [6.07, 6.45) is 1.90. The van der Waals surface area contributed by atoms with Crippen molar-refractivity contribution in [3.8, 4) is 0 Å². The minimum Gasteiger partial charge on any atom is -0.364 e. The molecule has 5 rings (SSSR count). The van der Waals surface area contributed by atoms with Gasteiger partial charge in [-0.25, -0.2) is 4.98 Å². The number of hydrogen-bond acceptors (Lipinski definition) is 4. The molecule has 1 unspecified atom stereocenters. The number of rotatable bonds is 3. The highest BCUT2D eigenvalue weighted by atomic mass is 15.3. The molecule has 0 saturated carbocycles. The molecule has 142 valence electrons. The smallest absolute Gasteiger partial charge is 0.128 e. The van der Waals surface area contributed by atoms with Crippen LogP contribution in [0.1, 0.15) is 11.1 Å². The van der Waals surface area contributed by atoms with Crippen molar-refractivity contribution in [1.82, 2.24) is 9.88 Å². The van der Waals surface area contributed by atoms with E-state index in [-0.39, 0.29) is 0 Å². The summed E-state index contributed by atoms with van der Waals surface area (Å²) in [5, 5.41) is 0. The minimum absolute atomic E-state index is 0.461. The summed E-state index contributed by atoms with van der Waals surface area (Å²) >= 11 is 0. The molecule has 1 saturated heterocycles. The van der Waals surface area contributed by atoms with Gasteiger partial charge in [-0.05, 0) is 29.3 Å². The van der Waals surface area contributed by atoms with Gasteiger partial charge in [0.2, 0.25) is 0 Å². The van der Waals surface area contributed by atoms with Crippen LogP contribution in [-0.2, 0) is 13.1 Å². The van der Waals surface area contributed by atoms with Crippen LogP contribution in [0.25, 0.3) is 0 Å². The van der Waals surface area contributed by atoms with Crippen LogP contribution < -0.4 is 9.80 Å². The number of piperazine rings is 1. The van der Waals surface area contributed by atoms with Crippen LogP contribution in [0.4, 0.5) is 11.5 Å². The highest BCUT2D eigenvalue weighted by Crippen LogP contribution is 2.31. The average Bonchev–Trinajstić information content (AvgIpc) is 2.92. The van der Waals surface area contributed by atoms with E-state index < -0.39 is 0 Å². The van der Waals surface area contributed by atoms with Gasteiger partial charge in [0.25, 0.3) is 0 Å². The average molecular weight is 371 g/mol. The van der Waals surface area contributed by atoms with Gasteiger partial charge in [-0.2, -0.15) is 0 Å². The molecule has 0 aliphatic carbocycles. The molecule has 4 heteroatoms. The fourth-order valence-electron chi connectivity index (χ4n) is 4.54. The molecule has 2 aliphatic rings. The van der Waals surface area contributed by atoms with E-state index in [1.54, 1.807) is 0 Å². The summed E-state index contributed by atoms with van der Waals surface area (Å²) in [5.41, 5.74) is 4.18. The Kier molecular flexibility index (Phi) is 4.71. The first kappa shape index (κ1) is 17.3. The molecule has 3 heterocycles. The maximum Gasteiger partial charge on any atom is 0.128 e. The summed E-state index contributed by atoms with van der Waals surface area (Å²) in [5.74, 6) is 1.07. The summed E-state index contributed by atoms with van der Waals surface area (Å²) in [7, 11) is 0. The maximum atomic E-state index is 4.64. The molecular formula is C24H26N4. The molecule has 1 atom stereocenters. The molecule has 2 aromatic carbocycles. The van der Waals surface area contributed by atoms with Gasteiger partial charge in [-0.15, -0.1) is 0 Å². The largest absolute Gasteiger partial charge is 0.364 e. The summed E-state index contributed by atoms with van der Waals surface area (Å²) in [4.78, 5) is 12.3. The number of aromatic nitrogens is 1. The van der Waals surface area contributed by atoms with E-state index in [4.69, 9.17) is 0 Å². The maximum absolute atomic E-state index is 4.64. The lowest BCUT2D eigenvalue weighted by Gasteiger charge is -2.43. The van der Waals surface area contributed by atoms with Gasteiger partial charge in [0, 0.05) is 51.2 Å². The summed E-state index contributed by atoms with van der Waals surface area (Å²) in [6.45, 7) is 6.19. The lowest BCUT2D eigenvalue weighted by Crippen LogP contribution is -2.56. The van der Waals surface area contributed by atoms with E-state index in [1.807, 2.05) is 12.3 Å². The number of hydrogen-bond donors (Lipinski definition) is 0. The molecule has 1 aromatic heterocycles. The molecule has 28 heavy (non-hydrogen) atoms. The molecular weight excluding hydrogens is 344 g/mol. The van der Waals surface area contributed by atoms with Crippen LogP contribution in [0.15, 0.2) is 79.0 Å². The van der Waals surface area contributed by atoms with Crippen LogP contribution in [0, 0.1) is 0 Å². The predicted molar refractivity (Wildman–Crippen MR) is 115 cm³/mol. The zero-order valence-electron chi connectivity index (χ0n) is 16.1. The van der Waals surface area contributed by atoms with Crippen LogP contribution in [-0.4, -0.2) is 42.1 Å². The lowest BCUT2D eigenvalue weighted by atomic mass is 10.1. The number of pyridine rings is 1. The van der Waals surface area contributed by atoms with E-state index in [1.165, 1.54) is 16.8 Å². The van der Waals surface area contributed by atoms with Crippen molar-refractivity contribution in [2.24, 2.45) is 0 Å². The third kappa shape index (κ3) is 3.48. The third-order valence-corrected chi connectivity index (χ3v) is 5.88. The third-order valence-electron chi connectivity index (χ3n) is 5.88. The fourth-order valence-corrected chi connectivity index (χ4v) is 4.54. The second-order valence-corrected chi connectivity index (χ2v) is 7.77. The Labute approximate surface area is 167 Å². The first-order valence-electron chi connectivity index (χ1n) is 10.1. The molecule has 4 nitrogen and oxygen atoms in total. The molecule has 0 amide bonds. The highest BCUT2D eigenvalue weighted by Gasteiger charge is 2.33. The van der Waals surface area contributed by atoms with Gasteiger partial charge < -0.3 is 9.80 Å². The topological polar surface area (TPSA) is 22.6 Å². The van der Waals surface area contributed by atoms with Gasteiger partial charge in [0.05, 0.1) is 6.04 Å². The second-order valence-electron chi connectivity index (χ2n) is 7.77. The summed E-state index contributed by atoms with van der Waals surface area (Å²) in [6, 6.07) is 26.4. The van der Waals surface area contributed by atoms with Crippen molar-refractivity contribution in [1.29, 1.82) is 0 Å². The van der Waals surface area contributed by atoms with E-state index in [2.05, 4.69) is 86.4 Å². The Morgan fingerprint density at radius 3 is 2.50 bits per heavy atom. The Morgan fingerprint density at radius 1 is 0.821 bits per heavy atom. The van der Waals surface area contributed by atoms with E-state index >= 15 is 0 Å². The van der Waals surface area contributed by atoms with E-state index in [0.29, 0.717) is 6.04 Å². The van der Waals surface area contributed by atoms with Crippen molar-refractivity contribution >= 4 is 11.5 Å². The van der Waals surface area contributed by atoms with E-state index in [0.717, 1.165) is 45.1 Å². The molecule has 2 aliphatic heterocycles. The number of benzene rings is 2. The fraction of sp³-hybridized carbons (Fsp3) is 0.292. The number of para-hydroxylation sites is 1. The standard InChI is InChI=1S/C24H26N4/c1-2-8-20(9-3-1)16-26-14-15-28-22(18-26)19-27(24-12-6-7-13-25-24)17-21-10-4-5-11-23(21)28/h1-13,22H,14-19H2. The zero-order chi connectivity index (χ0) is 18.8. The Morgan fingerprint density at radius 2 is 1.64 bits per heavy atom. The van der Waals surface area contributed by atoms with Crippen LogP contribution >= 0.6 is 0 Å².